The van der Waals surface area contributed by atoms with Crippen molar-refractivity contribution >= 4 is 11.8 Å². The maximum Gasteiger partial charge on any atom is 0.410 e. The number of hydrogen-bond donors (Lipinski definition) is 1. The van der Waals surface area contributed by atoms with Crippen LogP contribution in [-0.2, 0) is 9.47 Å². The minimum absolute atomic E-state index is 0.250. The van der Waals surface area contributed by atoms with E-state index in [4.69, 9.17) is 14.7 Å². The van der Waals surface area contributed by atoms with Crippen molar-refractivity contribution in [3.05, 3.63) is 0 Å². The van der Waals surface area contributed by atoms with E-state index in [1.165, 1.54) is 0 Å². The lowest BCUT2D eigenvalue weighted by Crippen LogP contribution is -2.47. The zero-order valence-corrected chi connectivity index (χ0v) is 11.8. The lowest BCUT2D eigenvalue weighted by molar-refractivity contribution is -0.0481. The molecule has 0 aromatic heterocycles. The number of piperidine rings is 1. The molecule has 2 saturated heterocycles. The third kappa shape index (κ3) is 3.37. The summed E-state index contributed by atoms with van der Waals surface area (Å²) in [5.74, 6) is 0. The van der Waals surface area contributed by atoms with Gasteiger partial charge in [0.2, 0.25) is 0 Å². The lowest BCUT2D eigenvalue weighted by atomic mass is 9.88. The number of nitrogens with zero attached hydrogens (tertiary/aromatic N) is 2. The van der Waals surface area contributed by atoms with E-state index < -0.39 is 5.60 Å². The molecule has 2 rings (SSSR count). The van der Waals surface area contributed by atoms with Gasteiger partial charge < -0.3 is 19.6 Å². The molecule has 2 fully saturated rings. The summed E-state index contributed by atoms with van der Waals surface area (Å²) in [6, 6.07) is 0. The molecule has 2 aliphatic heterocycles. The van der Waals surface area contributed by atoms with E-state index in [9.17, 15) is 4.79 Å². The topological polar surface area (TPSA) is 71.4 Å². The van der Waals surface area contributed by atoms with Crippen molar-refractivity contribution in [2.75, 3.05) is 19.7 Å². The van der Waals surface area contributed by atoms with E-state index in [0.717, 1.165) is 12.8 Å². The summed E-state index contributed by atoms with van der Waals surface area (Å²) in [7, 11) is 0. The predicted octanol–water partition coefficient (Wildman–Crippen LogP) is 2.01. The van der Waals surface area contributed by atoms with Gasteiger partial charge in [0.1, 0.15) is 5.60 Å². The van der Waals surface area contributed by atoms with Crippen molar-refractivity contribution in [1.29, 1.82) is 0 Å². The van der Waals surface area contributed by atoms with Crippen molar-refractivity contribution in [1.82, 2.24) is 4.90 Å². The highest BCUT2D eigenvalue weighted by atomic mass is 16.6. The van der Waals surface area contributed by atoms with Crippen molar-refractivity contribution in [3.8, 4) is 0 Å². The summed E-state index contributed by atoms with van der Waals surface area (Å²) in [5.41, 5.74) is -0.0296. The van der Waals surface area contributed by atoms with Gasteiger partial charge in [-0.2, -0.15) is 0 Å². The zero-order chi connectivity index (χ0) is 14.1. The van der Waals surface area contributed by atoms with Crippen molar-refractivity contribution in [2.45, 2.75) is 51.2 Å². The molecule has 6 nitrogen and oxygen atoms in total. The van der Waals surface area contributed by atoms with E-state index in [1.54, 1.807) is 4.90 Å². The Morgan fingerprint density at radius 1 is 1.42 bits per heavy atom. The molecule has 19 heavy (non-hydrogen) atoms. The second-order valence-electron chi connectivity index (χ2n) is 6.28. The Labute approximate surface area is 113 Å². The average Bonchev–Trinajstić information content (AvgIpc) is 2.71. The van der Waals surface area contributed by atoms with E-state index in [-0.39, 0.29) is 11.7 Å². The first-order valence-electron chi connectivity index (χ1n) is 6.65. The lowest BCUT2D eigenvalue weighted by Gasteiger charge is -2.38. The quantitative estimate of drug-likeness (QED) is 0.540. The van der Waals surface area contributed by atoms with Gasteiger partial charge in [0, 0.05) is 19.5 Å². The number of hydrogen-bond acceptors (Lipinski definition) is 5. The fraction of sp³-hybridized carbons (Fsp3) is 0.846. The average molecular weight is 270 g/mol. The minimum Gasteiger partial charge on any atom is -0.444 e. The summed E-state index contributed by atoms with van der Waals surface area (Å²) in [6.07, 6.45) is 1.90. The first kappa shape index (κ1) is 14.1. The SMILES string of the molecule is CC(C)(C)OC(=O)N1CCC2(CC1)C/C(=N\O)CO2. The minimum atomic E-state index is -0.465. The normalized spacial score (nSPS) is 25.0. The molecule has 1 amide bonds. The van der Waals surface area contributed by atoms with Crippen LogP contribution in [0.25, 0.3) is 0 Å². The molecular formula is C13H22N2O4. The second kappa shape index (κ2) is 5.00. The number of amides is 1. The van der Waals surface area contributed by atoms with Gasteiger partial charge in [0.25, 0.3) is 0 Å². The van der Waals surface area contributed by atoms with Gasteiger partial charge in [-0.15, -0.1) is 0 Å². The second-order valence-corrected chi connectivity index (χ2v) is 6.28. The van der Waals surface area contributed by atoms with Gasteiger partial charge in [-0.1, -0.05) is 5.16 Å². The van der Waals surface area contributed by atoms with Crippen LogP contribution in [0.15, 0.2) is 5.16 Å². The Morgan fingerprint density at radius 2 is 2.05 bits per heavy atom. The third-order valence-corrected chi connectivity index (χ3v) is 3.54. The van der Waals surface area contributed by atoms with Crippen LogP contribution in [-0.4, -0.2) is 52.8 Å². The van der Waals surface area contributed by atoms with Crippen molar-refractivity contribution in [3.63, 3.8) is 0 Å². The van der Waals surface area contributed by atoms with Crippen LogP contribution < -0.4 is 0 Å². The van der Waals surface area contributed by atoms with Gasteiger partial charge in [-0.05, 0) is 33.6 Å². The standard InChI is InChI=1S/C13H22N2O4/c1-12(2,3)19-11(16)15-6-4-13(5-7-15)8-10(14-17)9-18-13/h17H,4-9H2,1-3H3/b14-10+. The highest BCUT2D eigenvalue weighted by Crippen LogP contribution is 2.35. The smallest absolute Gasteiger partial charge is 0.410 e. The molecule has 1 spiro atoms. The largest absolute Gasteiger partial charge is 0.444 e. The van der Waals surface area contributed by atoms with Gasteiger partial charge in [-0.25, -0.2) is 4.79 Å². The molecule has 0 saturated carbocycles. The Balaban J connectivity index is 1.88. The third-order valence-electron chi connectivity index (χ3n) is 3.54. The molecule has 0 atom stereocenters. The number of likely N-dealkylation sites (tertiary alicyclic amines) is 1. The molecular weight excluding hydrogens is 248 g/mol. The first-order chi connectivity index (χ1) is 8.84. The molecule has 2 heterocycles. The van der Waals surface area contributed by atoms with E-state index >= 15 is 0 Å². The Kier molecular flexibility index (Phi) is 3.71. The Morgan fingerprint density at radius 3 is 2.53 bits per heavy atom. The van der Waals surface area contributed by atoms with E-state index in [2.05, 4.69) is 5.16 Å². The number of carbonyl (C=O) groups is 1. The molecule has 0 radical (unpaired) electrons. The maximum absolute atomic E-state index is 11.9. The number of rotatable bonds is 0. The molecule has 0 bridgehead atoms. The highest BCUT2D eigenvalue weighted by Gasteiger charge is 2.42. The van der Waals surface area contributed by atoms with Crippen LogP contribution in [0.3, 0.4) is 0 Å². The maximum atomic E-state index is 11.9. The summed E-state index contributed by atoms with van der Waals surface area (Å²) in [5, 5.41) is 12.0. The Bertz CT molecular complexity index is 379. The molecule has 6 heteroatoms. The summed E-state index contributed by atoms with van der Waals surface area (Å²) in [4.78, 5) is 13.7. The van der Waals surface area contributed by atoms with Crippen LogP contribution in [0.5, 0.6) is 0 Å². The van der Waals surface area contributed by atoms with E-state index in [1.807, 2.05) is 20.8 Å². The van der Waals surface area contributed by atoms with Crippen LogP contribution >= 0.6 is 0 Å². The fourth-order valence-electron chi connectivity index (χ4n) is 2.52. The first-order valence-corrected chi connectivity index (χ1v) is 6.65. The van der Waals surface area contributed by atoms with Crippen LogP contribution in [0.1, 0.15) is 40.0 Å². The van der Waals surface area contributed by atoms with Gasteiger partial charge in [-0.3, -0.25) is 0 Å². The van der Waals surface area contributed by atoms with Crippen molar-refractivity contribution in [2.24, 2.45) is 5.16 Å². The van der Waals surface area contributed by atoms with Crippen LogP contribution in [0.4, 0.5) is 4.79 Å². The number of carbonyl (C=O) groups excluding carboxylic acids is 1. The summed E-state index contributed by atoms with van der Waals surface area (Å²) < 4.78 is 11.1. The molecule has 0 unspecified atom stereocenters. The molecule has 0 aliphatic carbocycles. The van der Waals surface area contributed by atoms with Gasteiger partial charge in [0.15, 0.2) is 0 Å². The molecule has 0 aromatic carbocycles. The van der Waals surface area contributed by atoms with Crippen molar-refractivity contribution < 1.29 is 19.5 Å². The van der Waals surface area contributed by atoms with Crippen LogP contribution in [0, 0.1) is 0 Å². The van der Waals surface area contributed by atoms with Crippen LogP contribution in [0.2, 0.25) is 0 Å². The molecule has 1 N–H and O–H groups in total. The molecule has 2 aliphatic rings. The van der Waals surface area contributed by atoms with Gasteiger partial charge >= 0.3 is 6.09 Å². The molecule has 0 aromatic rings. The van der Waals surface area contributed by atoms with E-state index in [0.29, 0.717) is 31.8 Å². The highest BCUT2D eigenvalue weighted by molar-refractivity contribution is 5.87. The predicted molar refractivity (Wildman–Crippen MR) is 69.6 cm³/mol. The monoisotopic (exact) mass is 270 g/mol. The van der Waals surface area contributed by atoms with Gasteiger partial charge in [0.05, 0.1) is 17.9 Å². The zero-order valence-electron chi connectivity index (χ0n) is 11.8. The molecule has 108 valence electrons. The Hall–Kier alpha value is -1.30. The summed E-state index contributed by atoms with van der Waals surface area (Å²) in [6.45, 7) is 7.21. The number of ether oxygens (including phenoxy) is 2. The summed E-state index contributed by atoms with van der Waals surface area (Å²) >= 11 is 0. The number of oxime groups is 1. The fourth-order valence-corrected chi connectivity index (χ4v) is 2.52.